The Bertz CT molecular complexity index is 1390. The number of nitrogens with zero attached hydrogens (tertiary/aromatic N) is 8. The SMILES string of the molecule is CN1CCN(c2nccc3[nH]c(-c4n[nH]c5cnc(-c6cnn(C)c6)cc45)nc23)CC1. The van der Waals surface area contributed by atoms with Gasteiger partial charge in [-0.1, -0.05) is 0 Å². The maximum absolute atomic E-state index is 4.91. The molecule has 2 N–H and O–H groups in total. The predicted octanol–water partition coefficient (Wildman–Crippen LogP) is 2.05. The van der Waals surface area contributed by atoms with E-state index in [1.165, 1.54) is 0 Å². The lowest BCUT2D eigenvalue weighted by atomic mass is 10.1. The quantitative estimate of drug-likeness (QED) is 0.465. The van der Waals surface area contributed by atoms with E-state index in [4.69, 9.17) is 4.98 Å². The van der Waals surface area contributed by atoms with Crippen LogP contribution < -0.4 is 4.90 Å². The molecule has 0 unspecified atom stereocenters. The number of aryl methyl sites for hydroxylation is 1. The van der Waals surface area contributed by atoms with E-state index in [0.717, 1.165) is 70.9 Å². The van der Waals surface area contributed by atoms with E-state index in [2.05, 4.69) is 47.1 Å². The number of hydrogen-bond donors (Lipinski definition) is 2. The van der Waals surface area contributed by atoms with E-state index in [-0.39, 0.29) is 0 Å². The smallest absolute Gasteiger partial charge is 0.159 e. The summed E-state index contributed by atoms with van der Waals surface area (Å²) in [5, 5.41) is 12.8. The highest BCUT2D eigenvalue weighted by molar-refractivity contribution is 5.96. The fourth-order valence-electron chi connectivity index (χ4n) is 4.09. The molecular formula is C21H22N10. The van der Waals surface area contributed by atoms with Crippen molar-refractivity contribution in [1.82, 2.24) is 44.8 Å². The molecule has 0 radical (unpaired) electrons. The van der Waals surface area contributed by atoms with Gasteiger partial charge in [-0.15, -0.1) is 0 Å². The van der Waals surface area contributed by atoms with Gasteiger partial charge in [-0.25, -0.2) is 9.97 Å². The van der Waals surface area contributed by atoms with E-state index in [1.54, 1.807) is 10.9 Å². The van der Waals surface area contributed by atoms with Gasteiger partial charge in [-0.05, 0) is 19.2 Å². The minimum Gasteiger partial charge on any atom is -0.352 e. The number of aromatic amines is 2. The fourth-order valence-corrected chi connectivity index (χ4v) is 4.09. The van der Waals surface area contributed by atoms with Gasteiger partial charge in [-0.3, -0.25) is 14.8 Å². The Balaban J connectivity index is 1.44. The van der Waals surface area contributed by atoms with Crippen LogP contribution >= 0.6 is 0 Å². The molecule has 5 aromatic rings. The summed E-state index contributed by atoms with van der Waals surface area (Å²) >= 11 is 0. The van der Waals surface area contributed by atoms with E-state index in [1.807, 2.05) is 37.8 Å². The number of nitrogens with one attached hydrogen (secondary N) is 2. The van der Waals surface area contributed by atoms with Crippen molar-refractivity contribution < 1.29 is 0 Å². The van der Waals surface area contributed by atoms with Gasteiger partial charge in [0.1, 0.15) is 11.2 Å². The highest BCUT2D eigenvalue weighted by Gasteiger charge is 2.21. The Morgan fingerprint density at radius 1 is 1.00 bits per heavy atom. The molecule has 1 saturated heterocycles. The summed E-state index contributed by atoms with van der Waals surface area (Å²) in [5.74, 6) is 1.64. The number of pyridine rings is 2. The number of likely N-dealkylation sites (N-methyl/N-ethyl adjacent to an activating group) is 1. The van der Waals surface area contributed by atoms with Crippen LogP contribution in [0.1, 0.15) is 0 Å². The van der Waals surface area contributed by atoms with Crippen LogP contribution in [0, 0.1) is 0 Å². The van der Waals surface area contributed by atoms with Crippen LogP contribution in [-0.4, -0.2) is 78.0 Å². The van der Waals surface area contributed by atoms with Gasteiger partial charge < -0.3 is 14.8 Å². The van der Waals surface area contributed by atoms with Crippen LogP contribution in [-0.2, 0) is 7.05 Å². The summed E-state index contributed by atoms with van der Waals surface area (Å²) in [4.78, 5) is 22.2. The number of anilines is 1. The molecule has 0 saturated carbocycles. The molecule has 0 amide bonds. The van der Waals surface area contributed by atoms with Gasteiger partial charge in [0.25, 0.3) is 0 Å². The van der Waals surface area contributed by atoms with Gasteiger partial charge in [0.15, 0.2) is 11.6 Å². The number of fused-ring (bicyclic) bond motifs is 2. The van der Waals surface area contributed by atoms with Gasteiger partial charge in [-0.2, -0.15) is 10.2 Å². The van der Waals surface area contributed by atoms with Gasteiger partial charge in [0.05, 0.1) is 29.1 Å². The molecular weight excluding hydrogens is 392 g/mol. The Labute approximate surface area is 177 Å². The summed E-state index contributed by atoms with van der Waals surface area (Å²) in [6.45, 7) is 3.92. The van der Waals surface area contributed by atoms with Crippen molar-refractivity contribution in [2.24, 2.45) is 7.05 Å². The summed E-state index contributed by atoms with van der Waals surface area (Å²) < 4.78 is 1.77. The van der Waals surface area contributed by atoms with E-state index in [9.17, 15) is 0 Å². The molecule has 6 rings (SSSR count). The highest BCUT2D eigenvalue weighted by Crippen LogP contribution is 2.31. The van der Waals surface area contributed by atoms with Crippen molar-refractivity contribution in [3.63, 3.8) is 0 Å². The summed E-state index contributed by atoms with van der Waals surface area (Å²) in [7, 11) is 4.04. The topological polar surface area (TPSA) is 107 Å². The third-order valence-corrected chi connectivity index (χ3v) is 5.86. The third-order valence-electron chi connectivity index (χ3n) is 5.86. The second-order valence-electron chi connectivity index (χ2n) is 8.00. The first-order valence-electron chi connectivity index (χ1n) is 10.3. The summed E-state index contributed by atoms with van der Waals surface area (Å²) in [6, 6.07) is 3.99. The van der Waals surface area contributed by atoms with Crippen LogP contribution in [0.3, 0.4) is 0 Å². The molecule has 1 aliphatic rings. The van der Waals surface area contributed by atoms with Crippen LogP contribution in [0.2, 0.25) is 0 Å². The minimum absolute atomic E-state index is 0.716. The second-order valence-corrected chi connectivity index (χ2v) is 8.00. The maximum atomic E-state index is 4.91. The normalized spacial score (nSPS) is 15.4. The van der Waals surface area contributed by atoms with Gasteiger partial charge in [0.2, 0.25) is 0 Å². The molecule has 5 aromatic heterocycles. The zero-order valence-electron chi connectivity index (χ0n) is 17.4. The first-order chi connectivity index (χ1) is 15.2. The molecule has 10 heteroatoms. The molecule has 0 bridgehead atoms. The predicted molar refractivity (Wildman–Crippen MR) is 119 cm³/mol. The first-order valence-corrected chi connectivity index (χ1v) is 10.3. The van der Waals surface area contributed by atoms with Crippen molar-refractivity contribution in [3.05, 3.63) is 36.9 Å². The number of rotatable bonds is 3. The lowest BCUT2D eigenvalue weighted by Gasteiger charge is -2.33. The lowest BCUT2D eigenvalue weighted by Crippen LogP contribution is -2.44. The summed E-state index contributed by atoms with van der Waals surface area (Å²) in [5.41, 5.74) is 5.27. The molecule has 0 atom stereocenters. The molecule has 6 heterocycles. The largest absolute Gasteiger partial charge is 0.352 e. The molecule has 31 heavy (non-hydrogen) atoms. The van der Waals surface area contributed by atoms with Gasteiger partial charge >= 0.3 is 0 Å². The fraction of sp³-hybridized carbons (Fsp3) is 0.286. The third kappa shape index (κ3) is 3.03. The molecule has 0 spiro atoms. The Hall–Kier alpha value is -3.79. The number of imidazole rings is 1. The Kier molecular flexibility index (Phi) is 4.00. The molecule has 156 valence electrons. The van der Waals surface area contributed by atoms with Crippen molar-refractivity contribution in [3.8, 4) is 22.8 Å². The Morgan fingerprint density at radius 3 is 2.68 bits per heavy atom. The zero-order chi connectivity index (χ0) is 20.9. The van der Waals surface area contributed by atoms with Crippen molar-refractivity contribution >= 4 is 27.8 Å². The van der Waals surface area contributed by atoms with Crippen LogP contribution in [0.5, 0.6) is 0 Å². The zero-order valence-corrected chi connectivity index (χ0v) is 17.4. The Morgan fingerprint density at radius 2 is 1.87 bits per heavy atom. The van der Waals surface area contributed by atoms with Crippen molar-refractivity contribution in [1.29, 1.82) is 0 Å². The van der Waals surface area contributed by atoms with Gasteiger partial charge in [0, 0.05) is 56.6 Å². The molecule has 10 nitrogen and oxygen atoms in total. The molecule has 0 aromatic carbocycles. The van der Waals surface area contributed by atoms with E-state index in [0.29, 0.717) is 5.82 Å². The van der Waals surface area contributed by atoms with E-state index < -0.39 is 0 Å². The van der Waals surface area contributed by atoms with E-state index >= 15 is 0 Å². The number of hydrogen-bond acceptors (Lipinski definition) is 7. The number of H-pyrrole nitrogens is 2. The second kappa shape index (κ2) is 6.88. The number of aromatic nitrogens is 8. The monoisotopic (exact) mass is 414 g/mol. The summed E-state index contributed by atoms with van der Waals surface area (Å²) in [6.07, 6.45) is 7.39. The molecule has 1 aliphatic heterocycles. The van der Waals surface area contributed by atoms with Crippen LogP contribution in [0.25, 0.3) is 44.7 Å². The minimum atomic E-state index is 0.716. The highest BCUT2D eigenvalue weighted by atomic mass is 15.3. The van der Waals surface area contributed by atoms with Crippen LogP contribution in [0.4, 0.5) is 5.82 Å². The number of piperazine rings is 1. The maximum Gasteiger partial charge on any atom is 0.159 e. The van der Waals surface area contributed by atoms with Crippen molar-refractivity contribution in [2.75, 3.05) is 38.1 Å². The average Bonchev–Trinajstić information content (AvgIpc) is 3.51. The average molecular weight is 414 g/mol. The van der Waals surface area contributed by atoms with Crippen LogP contribution in [0.15, 0.2) is 36.9 Å². The molecule has 1 fully saturated rings. The lowest BCUT2D eigenvalue weighted by molar-refractivity contribution is 0.312. The van der Waals surface area contributed by atoms with Crippen molar-refractivity contribution in [2.45, 2.75) is 0 Å². The standard InChI is InChI=1S/C21H22N10/c1-29-5-7-31(8-6-29)21-19-15(3-4-22-21)25-20(26-19)18-14-9-16(13-10-24-30(2)12-13)23-11-17(14)27-28-18/h3-4,9-12H,5-8H2,1-2H3,(H,25,26)(H,27,28). The molecule has 0 aliphatic carbocycles. The first kappa shape index (κ1) is 18.0.